The van der Waals surface area contributed by atoms with Crippen LogP contribution in [0.5, 0.6) is 0 Å². The number of hydrogen-bond acceptors (Lipinski definition) is 4. The molecule has 0 aliphatic carbocycles. The van der Waals surface area contributed by atoms with Gasteiger partial charge < -0.3 is 5.32 Å². The van der Waals surface area contributed by atoms with Crippen LogP contribution in [0.3, 0.4) is 0 Å². The van der Waals surface area contributed by atoms with Crippen LogP contribution in [0.25, 0.3) is 15.3 Å². The van der Waals surface area contributed by atoms with Gasteiger partial charge in [0.2, 0.25) is 11.0 Å². The molecule has 0 bridgehead atoms. The van der Waals surface area contributed by atoms with Crippen LogP contribution in [-0.4, -0.2) is 20.7 Å². The number of rotatable bonds is 2. The van der Waals surface area contributed by atoms with E-state index in [2.05, 4.69) is 43.4 Å². The van der Waals surface area contributed by atoms with Crippen molar-refractivity contribution in [2.24, 2.45) is 0 Å². The van der Waals surface area contributed by atoms with Crippen LogP contribution in [-0.2, 0) is 4.79 Å². The number of fused-ring (bicyclic) bond motifs is 2. The van der Waals surface area contributed by atoms with Crippen LogP contribution in [0.1, 0.15) is 40.3 Å². The smallest absolute Gasteiger partial charge is 0.226 e. The summed E-state index contributed by atoms with van der Waals surface area (Å²) in [5, 5.41) is 8.59. The van der Waals surface area contributed by atoms with Crippen molar-refractivity contribution >= 4 is 33.3 Å². The van der Waals surface area contributed by atoms with Gasteiger partial charge >= 0.3 is 0 Å². The lowest BCUT2D eigenvalue weighted by atomic mass is 9.83. The van der Waals surface area contributed by atoms with E-state index in [-0.39, 0.29) is 11.8 Å². The minimum atomic E-state index is 0.00628. The quantitative estimate of drug-likeness (QED) is 0.532. The number of aromatic nitrogens is 3. The molecule has 1 aliphatic rings. The largest absolute Gasteiger partial charge is 0.310 e. The number of hydrogen-bond donors (Lipinski definition) is 1. The minimum absolute atomic E-state index is 0.00628. The average molecular weight is 388 g/mol. The first kappa shape index (κ1) is 17.1. The molecule has 5 rings (SSSR count). The number of aryl methyl sites for hydroxylation is 3. The van der Waals surface area contributed by atoms with Gasteiger partial charge in [-0.3, -0.25) is 4.79 Å². The number of benzene rings is 2. The van der Waals surface area contributed by atoms with Gasteiger partial charge in [-0.05, 0) is 44.0 Å². The van der Waals surface area contributed by atoms with Gasteiger partial charge in [-0.25, -0.2) is 4.98 Å². The van der Waals surface area contributed by atoms with Crippen molar-refractivity contribution < 1.29 is 4.79 Å². The maximum Gasteiger partial charge on any atom is 0.226 e. The van der Waals surface area contributed by atoms with E-state index in [0.717, 1.165) is 32.4 Å². The number of anilines is 1. The summed E-state index contributed by atoms with van der Waals surface area (Å²) < 4.78 is 2.90. The summed E-state index contributed by atoms with van der Waals surface area (Å²) in [7, 11) is 0. The third-order valence-corrected chi connectivity index (χ3v) is 6.39. The molecule has 1 amide bonds. The Morgan fingerprint density at radius 3 is 2.79 bits per heavy atom. The Kier molecular flexibility index (Phi) is 3.84. The molecular formula is C22H20N4OS. The second-order valence-corrected chi connectivity index (χ2v) is 8.40. The molecule has 0 saturated carbocycles. The molecule has 2 aromatic heterocycles. The molecule has 3 heterocycles. The van der Waals surface area contributed by atoms with E-state index in [1.807, 2.05) is 25.1 Å². The monoisotopic (exact) mass is 388 g/mol. The first-order valence-electron chi connectivity index (χ1n) is 9.33. The van der Waals surface area contributed by atoms with Crippen LogP contribution in [0.15, 0.2) is 42.5 Å². The summed E-state index contributed by atoms with van der Waals surface area (Å²) in [6.45, 7) is 6.21. The van der Waals surface area contributed by atoms with E-state index in [4.69, 9.17) is 10.1 Å². The predicted molar refractivity (Wildman–Crippen MR) is 112 cm³/mol. The number of carbonyl (C=O) groups is 1. The molecule has 28 heavy (non-hydrogen) atoms. The summed E-state index contributed by atoms with van der Waals surface area (Å²) in [4.78, 5) is 17.3. The van der Waals surface area contributed by atoms with E-state index >= 15 is 0 Å². The molecule has 0 unspecified atom stereocenters. The van der Waals surface area contributed by atoms with Gasteiger partial charge in [0.1, 0.15) is 5.82 Å². The van der Waals surface area contributed by atoms with Crippen LogP contribution in [0, 0.1) is 20.8 Å². The first-order valence-corrected chi connectivity index (χ1v) is 10.2. The molecular weight excluding hydrogens is 368 g/mol. The van der Waals surface area contributed by atoms with E-state index in [1.165, 1.54) is 16.7 Å². The van der Waals surface area contributed by atoms with Gasteiger partial charge in [0.05, 0.1) is 15.9 Å². The summed E-state index contributed by atoms with van der Waals surface area (Å²) in [6.07, 6.45) is 0.434. The molecule has 1 N–H and O–H groups in total. The standard InChI is InChI=1S/C22H20N4OS/c1-12-8-9-13(2)15(10-12)16-11-19(27)24-21-20(16)14(3)25-26(21)22-23-17-6-4-5-7-18(17)28-22/h4-10,16H,11H2,1-3H3,(H,24,27)/t16-/m1/s1. The first-order chi connectivity index (χ1) is 13.5. The average Bonchev–Trinajstić information content (AvgIpc) is 3.24. The Labute approximate surface area is 167 Å². The number of nitrogens with zero attached hydrogens (tertiary/aromatic N) is 3. The number of carbonyl (C=O) groups excluding carboxylic acids is 1. The van der Waals surface area contributed by atoms with Crippen molar-refractivity contribution in [2.75, 3.05) is 5.32 Å². The van der Waals surface area contributed by atoms with Gasteiger partial charge in [-0.2, -0.15) is 9.78 Å². The lowest BCUT2D eigenvalue weighted by Crippen LogP contribution is -2.25. The van der Waals surface area contributed by atoms with E-state index < -0.39 is 0 Å². The minimum Gasteiger partial charge on any atom is -0.310 e. The van der Waals surface area contributed by atoms with Crippen molar-refractivity contribution in [3.05, 3.63) is 70.4 Å². The molecule has 2 aromatic carbocycles. The number of thiazole rings is 1. The molecule has 5 nitrogen and oxygen atoms in total. The Balaban J connectivity index is 1.70. The topological polar surface area (TPSA) is 59.8 Å². The maximum atomic E-state index is 12.6. The number of para-hydroxylation sites is 1. The fourth-order valence-corrected chi connectivity index (χ4v) is 4.96. The highest BCUT2D eigenvalue weighted by atomic mass is 32.1. The molecule has 0 fully saturated rings. The summed E-state index contributed by atoms with van der Waals surface area (Å²) >= 11 is 1.58. The molecule has 140 valence electrons. The third kappa shape index (κ3) is 2.64. The van der Waals surface area contributed by atoms with Crippen molar-refractivity contribution in [3.63, 3.8) is 0 Å². The lowest BCUT2D eigenvalue weighted by Gasteiger charge is -2.25. The van der Waals surface area contributed by atoms with E-state index in [1.54, 1.807) is 16.0 Å². The fourth-order valence-electron chi connectivity index (χ4n) is 4.04. The Morgan fingerprint density at radius 2 is 1.96 bits per heavy atom. The van der Waals surface area contributed by atoms with Gasteiger partial charge in [-0.1, -0.05) is 47.2 Å². The molecule has 6 heteroatoms. The zero-order valence-corrected chi connectivity index (χ0v) is 16.8. The van der Waals surface area contributed by atoms with Crippen LogP contribution in [0.2, 0.25) is 0 Å². The van der Waals surface area contributed by atoms with Crippen molar-refractivity contribution in [3.8, 4) is 5.13 Å². The Hall–Kier alpha value is -2.99. The van der Waals surface area contributed by atoms with Gasteiger partial charge in [0, 0.05) is 17.9 Å². The van der Waals surface area contributed by atoms with Gasteiger partial charge in [0.15, 0.2) is 0 Å². The third-order valence-electron chi connectivity index (χ3n) is 5.38. The Bertz CT molecular complexity index is 1200. The normalized spacial score (nSPS) is 16.2. The van der Waals surface area contributed by atoms with Crippen molar-refractivity contribution in [2.45, 2.75) is 33.1 Å². The SMILES string of the molecule is Cc1ccc(C)c([C@H]2CC(=O)Nc3c2c(C)nn3-c2nc3ccccc3s2)c1. The lowest BCUT2D eigenvalue weighted by molar-refractivity contribution is -0.116. The second-order valence-electron chi connectivity index (χ2n) is 7.39. The van der Waals surface area contributed by atoms with E-state index in [9.17, 15) is 4.79 Å². The van der Waals surface area contributed by atoms with Crippen molar-refractivity contribution in [1.82, 2.24) is 14.8 Å². The molecule has 1 atom stereocenters. The zero-order valence-electron chi connectivity index (χ0n) is 16.0. The highest BCUT2D eigenvalue weighted by Gasteiger charge is 2.34. The fraction of sp³-hybridized carbons (Fsp3) is 0.227. The molecule has 0 saturated heterocycles. The van der Waals surface area contributed by atoms with Gasteiger partial charge in [0.25, 0.3) is 0 Å². The Morgan fingerprint density at radius 1 is 1.14 bits per heavy atom. The number of nitrogens with one attached hydrogen (secondary N) is 1. The van der Waals surface area contributed by atoms with Crippen LogP contribution < -0.4 is 5.32 Å². The highest BCUT2D eigenvalue weighted by Crippen LogP contribution is 2.42. The van der Waals surface area contributed by atoms with Crippen molar-refractivity contribution in [1.29, 1.82) is 0 Å². The maximum absolute atomic E-state index is 12.6. The summed E-state index contributed by atoms with van der Waals surface area (Å²) in [5.41, 5.74) is 6.56. The molecule has 1 aliphatic heterocycles. The highest BCUT2D eigenvalue weighted by molar-refractivity contribution is 7.20. The van der Waals surface area contributed by atoms with Crippen LogP contribution >= 0.6 is 11.3 Å². The van der Waals surface area contributed by atoms with Gasteiger partial charge in [-0.15, -0.1) is 0 Å². The molecule has 0 spiro atoms. The predicted octanol–water partition coefficient (Wildman–Crippen LogP) is 4.88. The van der Waals surface area contributed by atoms with E-state index in [0.29, 0.717) is 6.42 Å². The molecule has 4 aromatic rings. The zero-order chi connectivity index (χ0) is 19.4. The molecule has 0 radical (unpaired) electrons. The summed E-state index contributed by atoms with van der Waals surface area (Å²) in [6, 6.07) is 14.5. The summed E-state index contributed by atoms with van der Waals surface area (Å²) in [5.74, 6) is 0.770. The van der Waals surface area contributed by atoms with Crippen LogP contribution in [0.4, 0.5) is 5.82 Å². The number of amides is 1. The second kappa shape index (κ2) is 6.27.